The molecule has 0 bridgehead atoms. The summed E-state index contributed by atoms with van der Waals surface area (Å²) in [7, 11) is 0. The lowest BCUT2D eigenvalue weighted by atomic mass is 9.49. The first-order valence-corrected chi connectivity index (χ1v) is 19.3. The molecule has 2 saturated heterocycles. The van der Waals surface area contributed by atoms with Gasteiger partial charge in [-0.1, -0.05) is 45.2 Å². The monoisotopic (exact) mass is 725 g/mol. The third-order valence-corrected chi connectivity index (χ3v) is 12.7. The Morgan fingerprint density at radius 1 is 1.00 bits per heavy atom. The quantitative estimate of drug-likeness (QED) is 0.298. The van der Waals surface area contributed by atoms with Gasteiger partial charge in [0.05, 0.1) is 28.4 Å². The summed E-state index contributed by atoms with van der Waals surface area (Å²) in [5.41, 5.74) is 1.73. The van der Waals surface area contributed by atoms with E-state index >= 15 is 0 Å². The third kappa shape index (κ3) is 6.76. The topological polar surface area (TPSA) is 99.0 Å². The standard InChI is InChI=1S/C42H52ClN5O4/c1-39(2,3)52-38(50)47-25-42(26-47)18-20-46(21-19-42)30-14-9-27(10-15-30)8-12-29-13-17-32-34(45-29)24-48(35(32)49)36-40(4,5)37(41(36,6)7)51-31-16-11-28(23-44)33(43)22-31/h11,13,16-17,22,27,30,36-37H,9-10,14-15,18-21,24-26H2,1-7H3/t27?,30?,36-,37-. The van der Waals surface area contributed by atoms with E-state index in [1.54, 1.807) is 18.2 Å². The van der Waals surface area contributed by atoms with Crippen LogP contribution < -0.4 is 4.74 Å². The molecule has 9 nitrogen and oxygen atoms in total. The van der Waals surface area contributed by atoms with Crippen LogP contribution in [0, 0.1) is 45.3 Å². The van der Waals surface area contributed by atoms with E-state index in [1.807, 2.05) is 42.7 Å². The van der Waals surface area contributed by atoms with Crippen LogP contribution in [0.2, 0.25) is 5.02 Å². The van der Waals surface area contributed by atoms with E-state index in [9.17, 15) is 14.9 Å². The van der Waals surface area contributed by atoms with Crippen LogP contribution in [0.4, 0.5) is 4.79 Å². The maximum atomic E-state index is 13.7. The van der Waals surface area contributed by atoms with Gasteiger partial charge in [0.25, 0.3) is 5.91 Å². The number of nitriles is 1. The molecule has 0 atom stereocenters. The van der Waals surface area contributed by atoms with E-state index in [0.29, 0.717) is 40.4 Å². The fourth-order valence-electron chi connectivity index (χ4n) is 10.2. The van der Waals surface area contributed by atoms with E-state index in [4.69, 9.17) is 26.1 Å². The number of rotatable bonds is 4. The molecule has 4 fully saturated rings. The van der Waals surface area contributed by atoms with Crippen LogP contribution in [-0.2, 0) is 11.3 Å². The van der Waals surface area contributed by atoms with Gasteiger partial charge in [0.1, 0.15) is 29.2 Å². The predicted octanol–water partition coefficient (Wildman–Crippen LogP) is 7.69. The fraction of sp³-hybridized carbons (Fsp3) is 0.619. The normalized spacial score (nSPS) is 27.4. The first kappa shape index (κ1) is 36.6. The van der Waals surface area contributed by atoms with Gasteiger partial charge in [0.2, 0.25) is 0 Å². The molecule has 276 valence electrons. The molecule has 1 spiro atoms. The summed E-state index contributed by atoms with van der Waals surface area (Å²) >= 11 is 6.28. The summed E-state index contributed by atoms with van der Waals surface area (Å²) in [5.74, 6) is 7.87. The van der Waals surface area contributed by atoms with Crippen LogP contribution >= 0.6 is 11.6 Å². The fourth-order valence-corrected chi connectivity index (χ4v) is 10.4. The molecule has 0 N–H and O–H groups in total. The molecule has 1 aromatic carbocycles. The number of piperidine rings is 1. The molecule has 0 unspecified atom stereocenters. The average molecular weight is 726 g/mol. The van der Waals surface area contributed by atoms with E-state index in [-0.39, 0.29) is 40.4 Å². The maximum absolute atomic E-state index is 13.7. The van der Waals surface area contributed by atoms with Crippen molar-refractivity contribution >= 4 is 23.6 Å². The zero-order chi connectivity index (χ0) is 37.2. The Bertz CT molecular complexity index is 1830. The lowest BCUT2D eigenvalue weighted by molar-refractivity contribution is -0.199. The Kier molecular flexibility index (Phi) is 9.32. The highest BCUT2D eigenvalue weighted by Gasteiger charge is 2.67. The molecule has 7 rings (SSSR count). The van der Waals surface area contributed by atoms with E-state index < -0.39 is 5.60 Å². The molecule has 0 radical (unpaired) electrons. The Morgan fingerprint density at radius 3 is 2.29 bits per heavy atom. The SMILES string of the molecule is CC(C)(C)OC(=O)N1CC2(CCN(C3CCC(C#Cc4ccc5c(n4)CN([C@H]4C(C)(C)[C@H](Oc6ccc(C#N)c(Cl)c6)C4(C)C)C5=O)CC3)CC2)C1. The minimum absolute atomic E-state index is 0.00709. The van der Waals surface area contributed by atoms with Crippen molar-refractivity contribution in [2.24, 2.45) is 22.2 Å². The summed E-state index contributed by atoms with van der Waals surface area (Å²) in [6, 6.07) is 11.6. The Balaban J connectivity index is 0.907. The smallest absolute Gasteiger partial charge is 0.410 e. The summed E-state index contributed by atoms with van der Waals surface area (Å²) in [6.07, 6.45) is 6.45. The van der Waals surface area contributed by atoms with Crippen molar-refractivity contribution in [3.05, 3.63) is 57.9 Å². The number of pyridine rings is 1. The average Bonchev–Trinajstić information content (AvgIpc) is 3.38. The van der Waals surface area contributed by atoms with Crippen molar-refractivity contribution in [3.8, 4) is 23.7 Å². The number of benzene rings is 1. The van der Waals surface area contributed by atoms with Gasteiger partial charge in [-0.2, -0.15) is 5.26 Å². The number of aromatic nitrogens is 1. The van der Waals surface area contributed by atoms with E-state index in [0.717, 1.165) is 76.1 Å². The van der Waals surface area contributed by atoms with Crippen LogP contribution in [0.5, 0.6) is 5.75 Å². The van der Waals surface area contributed by atoms with Crippen molar-refractivity contribution in [2.75, 3.05) is 26.2 Å². The highest BCUT2D eigenvalue weighted by atomic mass is 35.5. The maximum Gasteiger partial charge on any atom is 0.410 e. The minimum atomic E-state index is -0.453. The van der Waals surface area contributed by atoms with Gasteiger partial charge in [0.15, 0.2) is 0 Å². The van der Waals surface area contributed by atoms with Gasteiger partial charge in [-0.3, -0.25) is 4.79 Å². The summed E-state index contributed by atoms with van der Waals surface area (Å²) in [4.78, 5) is 37.6. The lowest BCUT2D eigenvalue weighted by Gasteiger charge is -2.65. The van der Waals surface area contributed by atoms with Crippen LogP contribution in [-0.4, -0.2) is 81.7 Å². The van der Waals surface area contributed by atoms with Gasteiger partial charge in [-0.15, -0.1) is 0 Å². The number of likely N-dealkylation sites (tertiary alicyclic amines) is 2. The number of halogens is 1. The van der Waals surface area contributed by atoms with Crippen molar-refractivity contribution in [1.29, 1.82) is 5.26 Å². The Morgan fingerprint density at radius 2 is 1.67 bits per heavy atom. The Hall–Kier alpha value is -3.79. The van der Waals surface area contributed by atoms with Gasteiger partial charge in [0, 0.05) is 53.4 Å². The van der Waals surface area contributed by atoms with Gasteiger partial charge in [-0.25, -0.2) is 9.78 Å². The minimum Gasteiger partial charge on any atom is -0.489 e. The number of ether oxygens (including phenoxy) is 2. The number of amides is 2. The van der Waals surface area contributed by atoms with Gasteiger partial charge in [-0.05, 0) is 103 Å². The molecule has 2 amide bonds. The summed E-state index contributed by atoms with van der Waals surface area (Å²) in [6.45, 7) is 18.6. The van der Waals surface area contributed by atoms with Crippen LogP contribution in [0.3, 0.4) is 0 Å². The van der Waals surface area contributed by atoms with Crippen molar-refractivity contribution in [3.63, 3.8) is 0 Å². The Labute approximate surface area is 314 Å². The van der Waals surface area contributed by atoms with E-state index in [2.05, 4.69) is 50.5 Å². The molecule has 1 aromatic heterocycles. The van der Waals surface area contributed by atoms with E-state index in [1.165, 1.54) is 0 Å². The summed E-state index contributed by atoms with van der Waals surface area (Å²) < 4.78 is 12.0. The molecule has 4 heterocycles. The number of nitrogens with zero attached hydrogens (tertiary/aromatic N) is 5. The number of hydrogen-bond donors (Lipinski definition) is 0. The van der Waals surface area contributed by atoms with Crippen molar-refractivity contribution in [1.82, 2.24) is 19.7 Å². The number of carbonyl (C=O) groups excluding carboxylic acids is 2. The molecule has 2 saturated carbocycles. The first-order valence-electron chi connectivity index (χ1n) is 18.9. The molecule has 52 heavy (non-hydrogen) atoms. The lowest BCUT2D eigenvalue weighted by Crippen LogP contribution is -2.74. The second-order valence-electron chi connectivity index (χ2n) is 18.1. The molecule has 10 heteroatoms. The van der Waals surface area contributed by atoms with Gasteiger partial charge >= 0.3 is 6.09 Å². The van der Waals surface area contributed by atoms with Crippen molar-refractivity contribution < 1.29 is 19.1 Å². The molecule has 5 aliphatic rings. The van der Waals surface area contributed by atoms with Crippen LogP contribution in [0.15, 0.2) is 30.3 Å². The predicted molar refractivity (Wildman–Crippen MR) is 200 cm³/mol. The number of carbonyl (C=O) groups is 2. The third-order valence-electron chi connectivity index (χ3n) is 12.4. The molecular formula is C42H52ClN5O4. The second-order valence-corrected chi connectivity index (χ2v) is 18.5. The zero-order valence-corrected chi connectivity index (χ0v) is 32.5. The van der Waals surface area contributed by atoms with Crippen LogP contribution in [0.25, 0.3) is 0 Å². The molecule has 2 aromatic rings. The highest BCUT2D eigenvalue weighted by molar-refractivity contribution is 6.31. The molecule has 3 aliphatic heterocycles. The molecular weight excluding hydrogens is 674 g/mol. The highest BCUT2D eigenvalue weighted by Crippen LogP contribution is 2.59. The zero-order valence-electron chi connectivity index (χ0n) is 31.7. The number of hydrogen-bond acceptors (Lipinski definition) is 7. The van der Waals surface area contributed by atoms with Crippen LogP contribution in [0.1, 0.15) is 114 Å². The van der Waals surface area contributed by atoms with Gasteiger partial charge < -0.3 is 24.2 Å². The second kappa shape index (κ2) is 13.3. The molecule has 2 aliphatic carbocycles. The van der Waals surface area contributed by atoms with Crippen molar-refractivity contribution in [2.45, 2.75) is 117 Å². The summed E-state index contributed by atoms with van der Waals surface area (Å²) in [5, 5.41) is 9.61. The number of fused-ring (bicyclic) bond motifs is 1. The first-order chi connectivity index (χ1) is 24.5. The largest absolute Gasteiger partial charge is 0.489 e.